The molecule has 0 bridgehead atoms. The molecule has 2 N–H and O–H groups in total. The zero-order valence-electron chi connectivity index (χ0n) is 18.9. The van der Waals surface area contributed by atoms with Crippen LogP contribution in [-0.2, 0) is 4.79 Å². The van der Waals surface area contributed by atoms with Crippen molar-refractivity contribution >= 4 is 17.6 Å². The van der Waals surface area contributed by atoms with Crippen molar-refractivity contribution in [3.63, 3.8) is 0 Å². The maximum atomic E-state index is 15.7. The van der Waals surface area contributed by atoms with Gasteiger partial charge in [0.15, 0.2) is 5.67 Å². The van der Waals surface area contributed by atoms with Gasteiger partial charge in [-0.05, 0) is 49.9 Å². The molecule has 0 saturated carbocycles. The molecule has 5 heteroatoms. The fourth-order valence-electron chi connectivity index (χ4n) is 3.66. The van der Waals surface area contributed by atoms with Crippen LogP contribution in [0.25, 0.3) is 0 Å². The van der Waals surface area contributed by atoms with Gasteiger partial charge in [-0.25, -0.2) is 9.18 Å². The second kappa shape index (κ2) is 15.0. The molecule has 0 saturated heterocycles. The van der Waals surface area contributed by atoms with Crippen LogP contribution in [0.3, 0.4) is 0 Å². The van der Waals surface area contributed by atoms with Crippen molar-refractivity contribution in [2.24, 2.45) is 0 Å². The molecule has 0 atom stereocenters. The zero-order valence-corrected chi connectivity index (χ0v) is 18.9. The number of hydrogen-bond donors (Lipinski definition) is 2. The monoisotopic (exact) mass is 421 g/mol. The molecular weight excluding hydrogens is 381 g/mol. The van der Waals surface area contributed by atoms with E-state index in [2.05, 4.69) is 19.2 Å². The molecule has 0 aromatic heterocycles. The lowest BCUT2D eigenvalue weighted by molar-refractivity contribution is -0.128. The van der Waals surface area contributed by atoms with Gasteiger partial charge in [0.05, 0.1) is 5.56 Å². The van der Waals surface area contributed by atoms with E-state index in [1.54, 1.807) is 0 Å². The van der Waals surface area contributed by atoms with Crippen LogP contribution in [0.15, 0.2) is 24.3 Å². The molecule has 0 aliphatic carbocycles. The van der Waals surface area contributed by atoms with Crippen LogP contribution < -0.4 is 5.32 Å². The van der Waals surface area contributed by atoms with E-state index in [1.807, 2.05) is 0 Å². The molecule has 0 heterocycles. The molecule has 0 aliphatic rings. The molecule has 0 unspecified atom stereocenters. The van der Waals surface area contributed by atoms with Gasteiger partial charge in [0.1, 0.15) is 0 Å². The summed E-state index contributed by atoms with van der Waals surface area (Å²) in [5.41, 5.74) is -1.31. The van der Waals surface area contributed by atoms with E-state index in [4.69, 9.17) is 5.11 Å². The van der Waals surface area contributed by atoms with E-state index in [1.165, 1.54) is 49.9 Å². The topological polar surface area (TPSA) is 66.4 Å². The minimum absolute atomic E-state index is 0.138. The van der Waals surface area contributed by atoms with Crippen molar-refractivity contribution in [2.45, 2.75) is 109 Å². The molecule has 170 valence electrons. The van der Waals surface area contributed by atoms with Gasteiger partial charge < -0.3 is 10.4 Å². The summed E-state index contributed by atoms with van der Waals surface area (Å²) >= 11 is 0. The molecule has 0 fully saturated rings. The number of aromatic carboxylic acids is 1. The number of anilines is 1. The predicted octanol–water partition coefficient (Wildman–Crippen LogP) is 7.53. The summed E-state index contributed by atoms with van der Waals surface area (Å²) in [5, 5.41) is 11.7. The Bertz CT molecular complexity index is 599. The number of alkyl halides is 1. The number of carbonyl (C=O) groups excluding carboxylic acids is 1. The Labute approximate surface area is 181 Å². The lowest BCUT2D eigenvalue weighted by atomic mass is 9.90. The van der Waals surface area contributed by atoms with Crippen molar-refractivity contribution in [3.05, 3.63) is 29.8 Å². The van der Waals surface area contributed by atoms with Crippen molar-refractivity contribution in [2.75, 3.05) is 5.32 Å². The third kappa shape index (κ3) is 10.2. The second-order valence-electron chi connectivity index (χ2n) is 8.34. The zero-order chi connectivity index (χ0) is 22.2. The molecule has 30 heavy (non-hydrogen) atoms. The Hall–Kier alpha value is -1.91. The number of halogens is 1. The maximum absolute atomic E-state index is 15.7. The van der Waals surface area contributed by atoms with Gasteiger partial charge in [-0.15, -0.1) is 0 Å². The van der Waals surface area contributed by atoms with Crippen LogP contribution >= 0.6 is 0 Å². The summed E-state index contributed by atoms with van der Waals surface area (Å²) in [6.45, 7) is 4.33. The van der Waals surface area contributed by atoms with Crippen molar-refractivity contribution < 1.29 is 19.1 Å². The lowest BCUT2D eigenvalue weighted by Crippen LogP contribution is -2.39. The molecule has 0 aliphatic heterocycles. The number of carbonyl (C=O) groups is 2. The SMILES string of the molecule is CCCCCCCCC(F)(CCCCCCCC)C(=O)Nc1ccc(C(=O)O)cc1. The first-order valence-corrected chi connectivity index (χ1v) is 11.8. The number of nitrogens with one attached hydrogen (secondary N) is 1. The van der Waals surface area contributed by atoms with E-state index >= 15 is 4.39 Å². The summed E-state index contributed by atoms with van der Waals surface area (Å²) in [6, 6.07) is 5.85. The fourth-order valence-corrected chi connectivity index (χ4v) is 3.66. The van der Waals surface area contributed by atoms with Gasteiger partial charge in [-0.2, -0.15) is 0 Å². The third-order valence-corrected chi connectivity index (χ3v) is 5.65. The number of unbranched alkanes of at least 4 members (excludes halogenated alkanes) is 10. The Morgan fingerprint density at radius 2 is 1.23 bits per heavy atom. The predicted molar refractivity (Wildman–Crippen MR) is 122 cm³/mol. The highest BCUT2D eigenvalue weighted by Gasteiger charge is 2.37. The normalized spacial score (nSPS) is 11.4. The van der Waals surface area contributed by atoms with Crippen LogP contribution in [-0.4, -0.2) is 22.7 Å². The van der Waals surface area contributed by atoms with Gasteiger partial charge in [0, 0.05) is 5.69 Å². The molecule has 0 spiro atoms. The molecule has 1 aromatic rings. The highest BCUT2D eigenvalue weighted by atomic mass is 19.1. The molecule has 0 radical (unpaired) electrons. The number of hydrogen-bond acceptors (Lipinski definition) is 2. The van der Waals surface area contributed by atoms with Crippen LogP contribution in [0, 0.1) is 0 Å². The minimum Gasteiger partial charge on any atom is -0.478 e. The average molecular weight is 422 g/mol. The van der Waals surface area contributed by atoms with E-state index in [0.717, 1.165) is 38.5 Å². The van der Waals surface area contributed by atoms with Crippen LogP contribution in [0.5, 0.6) is 0 Å². The first-order valence-electron chi connectivity index (χ1n) is 11.8. The highest BCUT2D eigenvalue weighted by Crippen LogP contribution is 2.29. The Balaban J connectivity index is 2.63. The summed E-state index contributed by atoms with van der Waals surface area (Å²) in [4.78, 5) is 23.8. The standard InChI is InChI=1S/C25H40FNO3/c1-3-5-7-9-11-13-19-25(26,20-14-12-10-8-6-4-2)24(30)27-22-17-15-21(16-18-22)23(28)29/h15-18H,3-14,19-20H2,1-2H3,(H,27,30)(H,28,29). The molecular formula is C25H40FNO3. The second-order valence-corrected chi connectivity index (χ2v) is 8.34. The maximum Gasteiger partial charge on any atom is 0.335 e. The Morgan fingerprint density at radius 1 is 0.800 bits per heavy atom. The first-order chi connectivity index (χ1) is 14.4. The van der Waals surface area contributed by atoms with Gasteiger partial charge in [0.25, 0.3) is 5.91 Å². The molecule has 1 rings (SSSR count). The van der Waals surface area contributed by atoms with Gasteiger partial charge in [-0.1, -0.05) is 78.1 Å². The van der Waals surface area contributed by atoms with Gasteiger partial charge >= 0.3 is 5.97 Å². The average Bonchev–Trinajstić information content (AvgIpc) is 2.73. The Morgan fingerprint density at radius 3 is 1.67 bits per heavy atom. The number of carboxylic acid groups (broad SMARTS) is 1. The minimum atomic E-state index is -1.87. The van der Waals surface area contributed by atoms with E-state index in [-0.39, 0.29) is 18.4 Å². The van der Waals surface area contributed by atoms with E-state index in [9.17, 15) is 9.59 Å². The van der Waals surface area contributed by atoms with Crippen molar-refractivity contribution in [1.29, 1.82) is 0 Å². The van der Waals surface area contributed by atoms with Crippen LogP contribution in [0.2, 0.25) is 0 Å². The summed E-state index contributed by atoms with van der Waals surface area (Å²) in [6.07, 6.45) is 13.0. The summed E-state index contributed by atoms with van der Waals surface area (Å²) in [7, 11) is 0. The van der Waals surface area contributed by atoms with Crippen molar-refractivity contribution in [3.8, 4) is 0 Å². The van der Waals surface area contributed by atoms with Crippen LogP contribution in [0.1, 0.15) is 114 Å². The molecule has 1 amide bonds. The van der Waals surface area contributed by atoms with E-state index in [0.29, 0.717) is 18.5 Å². The quantitative estimate of drug-likeness (QED) is 0.255. The Kier molecular flexibility index (Phi) is 13.0. The van der Waals surface area contributed by atoms with Gasteiger partial charge in [-0.3, -0.25) is 4.79 Å². The smallest absolute Gasteiger partial charge is 0.335 e. The molecule has 1 aromatic carbocycles. The summed E-state index contributed by atoms with van der Waals surface area (Å²) < 4.78 is 15.7. The number of rotatable bonds is 17. The largest absolute Gasteiger partial charge is 0.478 e. The number of amides is 1. The third-order valence-electron chi connectivity index (χ3n) is 5.65. The van der Waals surface area contributed by atoms with E-state index < -0.39 is 17.5 Å². The highest BCUT2D eigenvalue weighted by molar-refractivity contribution is 5.97. The fraction of sp³-hybridized carbons (Fsp3) is 0.680. The number of carboxylic acids is 1. The lowest BCUT2D eigenvalue weighted by Gasteiger charge is -2.25. The van der Waals surface area contributed by atoms with Crippen molar-refractivity contribution in [1.82, 2.24) is 0 Å². The molecule has 4 nitrogen and oxygen atoms in total. The first kappa shape index (κ1) is 26.1. The van der Waals surface area contributed by atoms with Crippen LogP contribution in [0.4, 0.5) is 10.1 Å². The van der Waals surface area contributed by atoms with Gasteiger partial charge in [0.2, 0.25) is 0 Å². The summed E-state index contributed by atoms with van der Waals surface area (Å²) in [5.74, 6) is -1.63. The number of benzene rings is 1.